The van der Waals surface area contributed by atoms with E-state index in [-0.39, 0.29) is 0 Å². The van der Waals surface area contributed by atoms with Gasteiger partial charge in [0.1, 0.15) is 11.5 Å². The van der Waals surface area contributed by atoms with Crippen molar-refractivity contribution in [1.29, 1.82) is 0 Å². The van der Waals surface area contributed by atoms with E-state index in [1.807, 2.05) is 48.5 Å². The van der Waals surface area contributed by atoms with Crippen molar-refractivity contribution in [3.05, 3.63) is 84.9 Å². The first kappa shape index (κ1) is 16.2. The molecule has 3 aromatic carbocycles. The summed E-state index contributed by atoms with van der Waals surface area (Å²) in [4.78, 5) is 2.44. The Morgan fingerprint density at radius 1 is 0.500 bits per heavy atom. The van der Waals surface area contributed by atoms with Crippen LogP contribution in [0, 0.1) is 0 Å². The molecule has 0 amide bonds. The summed E-state index contributed by atoms with van der Waals surface area (Å²) in [6.45, 7) is 0. The zero-order chi connectivity index (χ0) is 17.9. The number of ether oxygens (including phenoxy) is 1. The van der Waals surface area contributed by atoms with E-state index in [9.17, 15) is 0 Å². The Kier molecular flexibility index (Phi) is 4.33. The van der Waals surface area contributed by atoms with Gasteiger partial charge in [0.05, 0.1) is 0 Å². The highest BCUT2D eigenvalue weighted by Crippen LogP contribution is 2.35. The average molecular weight is 358 g/mol. The molecular weight excluding hydrogens is 340 g/mol. The second kappa shape index (κ2) is 6.94. The summed E-state index contributed by atoms with van der Waals surface area (Å²) < 4.78 is 5.85. The van der Waals surface area contributed by atoms with Crippen molar-refractivity contribution in [1.82, 2.24) is 0 Å². The van der Waals surface area contributed by atoms with Crippen molar-refractivity contribution in [2.24, 2.45) is 0 Å². The predicted octanol–water partition coefficient (Wildman–Crippen LogP) is 6.04. The number of hydrogen-bond acceptors (Lipinski definition) is 4. The lowest BCUT2D eigenvalue weighted by molar-refractivity contribution is 0.483. The van der Waals surface area contributed by atoms with Gasteiger partial charge in [0, 0.05) is 21.1 Å². The van der Waals surface area contributed by atoms with Crippen LogP contribution in [0.4, 0.5) is 11.4 Å². The van der Waals surface area contributed by atoms with Crippen LogP contribution in [-0.4, -0.2) is 0 Å². The van der Waals surface area contributed by atoms with Crippen LogP contribution in [0.1, 0.15) is 0 Å². The van der Waals surface area contributed by atoms with Gasteiger partial charge < -0.3 is 16.2 Å². The topological polar surface area (TPSA) is 61.3 Å². The van der Waals surface area contributed by atoms with E-state index < -0.39 is 0 Å². The first-order valence-corrected chi connectivity index (χ1v) is 9.09. The van der Waals surface area contributed by atoms with Crippen molar-refractivity contribution in [2.45, 2.75) is 0 Å². The second-order valence-corrected chi connectivity index (χ2v) is 7.07. The molecule has 0 aliphatic heterocycles. The van der Waals surface area contributed by atoms with Crippen LogP contribution in [-0.2, 0) is 0 Å². The average Bonchev–Trinajstić information content (AvgIpc) is 3.15. The first-order chi connectivity index (χ1) is 12.7. The molecule has 128 valence electrons. The van der Waals surface area contributed by atoms with Gasteiger partial charge in [-0.3, -0.25) is 0 Å². The van der Waals surface area contributed by atoms with Crippen LogP contribution in [0.3, 0.4) is 0 Å². The quantitative estimate of drug-likeness (QED) is 0.437. The van der Waals surface area contributed by atoms with Crippen molar-refractivity contribution in [3.63, 3.8) is 0 Å². The molecule has 4 N–H and O–H groups in total. The fourth-order valence-corrected chi connectivity index (χ4v) is 3.67. The highest BCUT2D eigenvalue weighted by Gasteiger charge is 2.06. The summed E-state index contributed by atoms with van der Waals surface area (Å²) in [6.07, 6.45) is 0. The van der Waals surface area contributed by atoms with Crippen molar-refractivity contribution in [2.75, 3.05) is 11.5 Å². The third-order valence-corrected chi connectivity index (χ3v) is 5.24. The summed E-state index contributed by atoms with van der Waals surface area (Å²) in [5.74, 6) is 1.57. The number of hydrogen-bond donors (Lipinski definition) is 2. The molecule has 0 aliphatic carbocycles. The molecule has 4 aromatic rings. The summed E-state index contributed by atoms with van der Waals surface area (Å²) in [6, 6.07) is 27.7. The van der Waals surface area contributed by atoms with Gasteiger partial charge in [-0.1, -0.05) is 12.1 Å². The third-order valence-electron chi connectivity index (χ3n) is 4.06. The normalized spacial score (nSPS) is 10.6. The third kappa shape index (κ3) is 3.55. The van der Waals surface area contributed by atoms with Crippen LogP contribution < -0.4 is 16.2 Å². The minimum atomic E-state index is 0.724. The summed E-state index contributed by atoms with van der Waals surface area (Å²) in [5.41, 5.74) is 15.3. The Labute approximate surface area is 156 Å². The van der Waals surface area contributed by atoms with E-state index in [1.54, 1.807) is 11.3 Å². The van der Waals surface area contributed by atoms with Gasteiger partial charge >= 0.3 is 0 Å². The molecule has 0 aliphatic rings. The SMILES string of the molecule is Nc1ccc(Oc2ccc(-c3ccc(-c4ccc(N)cc4)s3)cc2)cc1. The van der Waals surface area contributed by atoms with Crippen LogP contribution >= 0.6 is 11.3 Å². The molecule has 1 aromatic heterocycles. The molecule has 1 heterocycles. The maximum absolute atomic E-state index is 5.85. The number of anilines is 2. The monoisotopic (exact) mass is 358 g/mol. The van der Waals surface area contributed by atoms with Gasteiger partial charge in [-0.15, -0.1) is 11.3 Å². The fraction of sp³-hybridized carbons (Fsp3) is 0. The molecule has 0 atom stereocenters. The summed E-state index contributed by atoms with van der Waals surface area (Å²) >= 11 is 1.76. The molecule has 26 heavy (non-hydrogen) atoms. The van der Waals surface area contributed by atoms with E-state index in [0.29, 0.717) is 0 Å². The van der Waals surface area contributed by atoms with Crippen molar-refractivity contribution < 1.29 is 4.74 Å². The molecule has 0 bridgehead atoms. The fourth-order valence-electron chi connectivity index (χ4n) is 2.65. The van der Waals surface area contributed by atoms with Gasteiger partial charge in [-0.05, 0) is 83.9 Å². The number of benzene rings is 3. The lowest BCUT2D eigenvalue weighted by atomic mass is 10.1. The number of nitrogens with two attached hydrogens (primary N) is 2. The largest absolute Gasteiger partial charge is 0.457 e. The molecule has 4 rings (SSSR count). The molecule has 0 fully saturated rings. The smallest absolute Gasteiger partial charge is 0.127 e. The molecule has 4 heteroatoms. The van der Waals surface area contributed by atoms with Crippen LogP contribution in [0.2, 0.25) is 0 Å². The van der Waals surface area contributed by atoms with Gasteiger partial charge in [0.2, 0.25) is 0 Å². The van der Waals surface area contributed by atoms with E-state index in [2.05, 4.69) is 36.4 Å². The van der Waals surface area contributed by atoms with E-state index in [1.165, 1.54) is 20.9 Å². The Hall–Kier alpha value is -3.24. The van der Waals surface area contributed by atoms with E-state index in [0.717, 1.165) is 22.9 Å². The maximum Gasteiger partial charge on any atom is 0.127 e. The number of thiophene rings is 1. The number of rotatable bonds is 4. The molecule has 0 unspecified atom stereocenters. The van der Waals surface area contributed by atoms with Gasteiger partial charge in [-0.2, -0.15) is 0 Å². The molecular formula is C22H18N2OS. The molecule has 0 saturated heterocycles. The zero-order valence-electron chi connectivity index (χ0n) is 14.1. The van der Waals surface area contributed by atoms with Crippen LogP contribution in [0.15, 0.2) is 84.9 Å². The molecule has 3 nitrogen and oxygen atoms in total. The lowest BCUT2D eigenvalue weighted by Crippen LogP contribution is -1.86. The first-order valence-electron chi connectivity index (χ1n) is 8.27. The standard InChI is InChI=1S/C22H18N2OS/c23-17-5-1-15(2-6-17)21-13-14-22(26-21)16-3-9-19(10-4-16)25-20-11-7-18(24)8-12-20/h1-14H,23-24H2. The minimum Gasteiger partial charge on any atom is -0.457 e. The summed E-state index contributed by atoms with van der Waals surface area (Å²) in [5, 5.41) is 0. The van der Waals surface area contributed by atoms with Gasteiger partial charge in [0.15, 0.2) is 0 Å². The predicted molar refractivity (Wildman–Crippen MR) is 111 cm³/mol. The Morgan fingerprint density at radius 2 is 0.885 bits per heavy atom. The Bertz CT molecular complexity index is 1000. The highest BCUT2D eigenvalue weighted by atomic mass is 32.1. The molecule has 0 spiro atoms. The maximum atomic E-state index is 5.85. The zero-order valence-corrected chi connectivity index (χ0v) is 14.9. The highest BCUT2D eigenvalue weighted by molar-refractivity contribution is 7.18. The van der Waals surface area contributed by atoms with E-state index in [4.69, 9.17) is 16.2 Å². The number of nitrogen functional groups attached to an aromatic ring is 2. The van der Waals surface area contributed by atoms with Crippen molar-refractivity contribution in [3.8, 4) is 32.4 Å². The molecule has 0 radical (unpaired) electrons. The van der Waals surface area contributed by atoms with Crippen LogP contribution in [0.5, 0.6) is 11.5 Å². The van der Waals surface area contributed by atoms with E-state index >= 15 is 0 Å². The van der Waals surface area contributed by atoms with Crippen LogP contribution in [0.25, 0.3) is 20.9 Å². The Balaban J connectivity index is 1.52. The van der Waals surface area contributed by atoms with Gasteiger partial charge in [0.25, 0.3) is 0 Å². The second-order valence-electron chi connectivity index (χ2n) is 5.98. The van der Waals surface area contributed by atoms with Crippen molar-refractivity contribution >= 4 is 22.7 Å². The van der Waals surface area contributed by atoms with Gasteiger partial charge in [-0.25, -0.2) is 0 Å². The Morgan fingerprint density at radius 3 is 1.38 bits per heavy atom. The lowest BCUT2D eigenvalue weighted by Gasteiger charge is -2.06. The molecule has 0 saturated carbocycles. The summed E-state index contributed by atoms with van der Waals surface area (Å²) in [7, 11) is 0. The minimum absolute atomic E-state index is 0.724.